The Hall–Kier alpha value is -4.56. The molecule has 1 aliphatic heterocycles. The first-order valence-electron chi connectivity index (χ1n) is 12.1. The van der Waals surface area contributed by atoms with Crippen molar-refractivity contribution in [1.82, 2.24) is 4.57 Å². The van der Waals surface area contributed by atoms with Crippen molar-refractivity contribution >= 4 is 28.0 Å². The van der Waals surface area contributed by atoms with E-state index in [1.165, 1.54) is 55.9 Å². The number of para-hydroxylation sites is 4. The van der Waals surface area contributed by atoms with Gasteiger partial charge in [0.1, 0.15) is 0 Å². The van der Waals surface area contributed by atoms with E-state index in [1.807, 2.05) is 0 Å². The second-order valence-electron chi connectivity index (χ2n) is 9.12. The zero-order chi connectivity index (χ0) is 23.4. The van der Waals surface area contributed by atoms with Crippen molar-refractivity contribution in [3.63, 3.8) is 0 Å². The van der Waals surface area contributed by atoms with E-state index in [0.717, 1.165) is 5.69 Å². The smallest absolute Gasteiger partial charge is 0.0641 e. The van der Waals surface area contributed by atoms with E-state index >= 15 is 0 Å². The van der Waals surface area contributed by atoms with Gasteiger partial charge >= 0.3 is 0 Å². The number of hydrogen-bond acceptors (Lipinski definition) is 1. The van der Waals surface area contributed by atoms with Crippen LogP contribution in [0.2, 0.25) is 0 Å². The second-order valence-corrected chi connectivity index (χ2v) is 9.12. The van der Waals surface area contributed by atoms with Gasteiger partial charge in [-0.15, -0.1) is 0 Å². The van der Waals surface area contributed by atoms with Gasteiger partial charge in [-0.1, -0.05) is 84.4 Å². The summed E-state index contributed by atoms with van der Waals surface area (Å²) in [5.74, 6) is 0. The Morgan fingerprint density at radius 1 is 0.514 bits per heavy atom. The predicted molar refractivity (Wildman–Crippen MR) is 147 cm³/mol. The van der Waals surface area contributed by atoms with Crippen LogP contribution in [0.4, 0.5) is 17.1 Å². The van der Waals surface area contributed by atoms with Crippen molar-refractivity contribution in [2.24, 2.45) is 0 Å². The van der Waals surface area contributed by atoms with Crippen molar-refractivity contribution in [3.8, 4) is 28.1 Å². The Balaban J connectivity index is 1.71. The lowest BCUT2D eigenvalue weighted by molar-refractivity contribution is 1.13. The van der Waals surface area contributed by atoms with Gasteiger partial charge in [-0.2, -0.15) is 0 Å². The summed E-state index contributed by atoms with van der Waals surface area (Å²) in [6.45, 7) is 2.18. The first-order chi connectivity index (χ1) is 17.3. The number of nitrogens with zero attached hydrogens (tertiary/aromatic N) is 2. The van der Waals surface area contributed by atoms with E-state index in [-0.39, 0.29) is 0 Å². The van der Waals surface area contributed by atoms with Crippen molar-refractivity contribution < 1.29 is 0 Å². The lowest BCUT2D eigenvalue weighted by Crippen LogP contribution is -2.11. The highest BCUT2D eigenvalue weighted by Gasteiger charge is 2.30. The summed E-state index contributed by atoms with van der Waals surface area (Å²) in [6, 6.07) is 45.9. The third kappa shape index (κ3) is 2.97. The first-order valence-corrected chi connectivity index (χ1v) is 12.1. The molecule has 2 heteroatoms. The van der Waals surface area contributed by atoms with E-state index < -0.39 is 0 Å². The number of anilines is 3. The van der Waals surface area contributed by atoms with Gasteiger partial charge in [0, 0.05) is 33.5 Å². The fraction of sp³-hybridized carbons (Fsp3) is 0.0303. The minimum atomic E-state index is 1.16. The van der Waals surface area contributed by atoms with E-state index in [0.29, 0.717) is 0 Å². The molecule has 0 N–H and O–H groups in total. The topological polar surface area (TPSA) is 8.17 Å². The molecule has 6 aromatic rings. The highest BCUT2D eigenvalue weighted by molar-refractivity contribution is 6.13. The van der Waals surface area contributed by atoms with Gasteiger partial charge in [0.05, 0.1) is 22.6 Å². The molecule has 0 saturated heterocycles. The lowest BCUT2D eigenvalue weighted by Gasteiger charge is -2.27. The second kappa shape index (κ2) is 7.75. The Bertz CT molecular complexity index is 1690. The van der Waals surface area contributed by atoms with Crippen LogP contribution in [0.1, 0.15) is 5.56 Å². The molecule has 0 saturated carbocycles. The third-order valence-corrected chi connectivity index (χ3v) is 6.97. The number of hydrogen-bond donors (Lipinski definition) is 0. The van der Waals surface area contributed by atoms with Crippen LogP contribution < -0.4 is 4.90 Å². The standard InChI is InChI=1S/C33H24N2/c1-23-20-21-31-28(22-23)32-26-16-8-10-18-29(26)34(24-12-4-2-5-13-24)30-19-11-9-17-27(30)33(32)35(31)25-14-6-3-7-15-25/h2-22H,1H3. The molecule has 0 amide bonds. The van der Waals surface area contributed by atoms with E-state index in [9.17, 15) is 0 Å². The monoisotopic (exact) mass is 448 g/mol. The molecule has 0 aliphatic carbocycles. The van der Waals surface area contributed by atoms with Gasteiger partial charge in [0.2, 0.25) is 0 Å². The molecule has 1 aliphatic rings. The van der Waals surface area contributed by atoms with Gasteiger partial charge in [-0.05, 0) is 55.5 Å². The summed E-state index contributed by atoms with van der Waals surface area (Å²) < 4.78 is 2.44. The average molecular weight is 449 g/mol. The predicted octanol–water partition coefficient (Wildman–Crippen LogP) is 9.06. The Labute approximate surface area is 205 Å². The van der Waals surface area contributed by atoms with Crippen molar-refractivity contribution in [3.05, 3.63) is 133 Å². The van der Waals surface area contributed by atoms with Crippen molar-refractivity contribution in [1.29, 1.82) is 0 Å². The van der Waals surface area contributed by atoms with Crippen LogP contribution in [-0.4, -0.2) is 4.57 Å². The minimum absolute atomic E-state index is 1.16. The molecule has 0 spiro atoms. The Kier molecular flexibility index (Phi) is 4.40. The normalized spacial score (nSPS) is 12.1. The van der Waals surface area contributed by atoms with Crippen LogP contribution in [0, 0.1) is 6.92 Å². The number of benzene rings is 5. The molecule has 0 atom stereocenters. The Morgan fingerprint density at radius 3 is 1.80 bits per heavy atom. The van der Waals surface area contributed by atoms with Crippen LogP contribution in [0.3, 0.4) is 0 Å². The summed E-state index contributed by atoms with van der Waals surface area (Å²) in [5, 5.41) is 1.28. The fourth-order valence-electron chi connectivity index (χ4n) is 5.51. The summed E-state index contributed by atoms with van der Waals surface area (Å²) in [4.78, 5) is 2.40. The van der Waals surface area contributed by atoms with Gasteiger partial charge in [0.25, 0.3) is 0 Å². The summed E-state index contributed by atoms with van der Waals surface area (Å²) in [7, 11) is 0. The van der Waals surface area contributed by atoms with Crippen LogP contribution in [-0.2, 0) is 0 Å². The number of aromatic nitrogens is 1. The molecule has 0 unspecified atom stereocenters. The molecular weight excluding hydrogens is 424 g/mol. The molecule has 2 heterocycles. The van der Waals surface area contributed by atoms with Crippen LogP contribution in [0.15, 0.2) is 127 Å². The quantitative estimate of drug-likeness (QED) is 0.256. The lowest BCUT2D eigenvalue weighted by atomic mass is 9.97. The van der Waals surface area contributed by atoms with Crippen LogP contribution in [0.25, 0.3) is 39.0 Å². The highest BCUT2D eigenvalue weighted by Crippen LogP contribution is 2.54. The van der Waals surface area contributed by atoms with Crippen LogP contribution >= 0.6 is 0 Å². The van der Waals surface area contributed by atoms with Crippen molar-refractivity contribution in [2.45, 2.75) is 6.92 Å². The zero-order valence-electron chi connectivity index (χ0n) is 19.5. The van der Waals surface area contributed by atoms with Crippen LogP contribution in [0.5, 0.6) is 0 Å². The molecule has 166 valence electrons. The first kappa shape index (κ1) is 19.9. The number of aryl methyl sites for hydroxylation is 1. The van der Waals surface area contributed by atoms with Gasteiger partial charge in [-0.25, -0.2) is 0 Å². The van der Waals surface area contributed by atoms with Gasteiger partial charge in [-0.3, -0.25) is 0 Å². The summed E-state index contributed by atoms with van der Waals surface area (Å²) in [5.41, 5.74) is 12.2. The fourth-order valence-corrected chi connectivity index (χ4v) is 5.51. The molecule has 2 nitrogen and oxygen atoms in total. The summed E-state index contributed by atoms with van der Waals surface area (Å²) >= 11 is 0. The zero-order valence-corrected chi connectivity index (χ0v) is 19.5. The van der Waals surface area contributed by atoms with Gasteiger partial charge < -0.3 is 9.47 Å². The van der Waals surface area contributed by atoms with Crippen molar-refractivity contribution in [2.75, 3.05) is 4.90 Å². The molecule has 35 heavy (non-hydrogen) atoms. The molecule has 0 radical (unpaired) electrons. The maximum absolute atomic E-state index is 2.44. The highest BCUT2D eigenvalue weighted by atomic mass is 15.2. The van der Waals surface area contributed by atoms with E-state index in [2.05, 4.69) is 144 Å². The molecule has 0 fully saturated rings. The minimum Gasteiger partial charge on any atom is -0.309 e. The Morgan fingerprint density at radius 2 is 1.09 bits per heavy atom. The maximum atomic E-state index is 2.44. The maximum Gasteiger partial charge on any atom is 0.0641 e. The SMILES string of the molecule is Cc1ccc2c(c1)c1c(n2-c2ccccc2)-c2ccccc2N(c2ccccc2)c2ccccc2-1. The number of fused-ring (bicyclic) bond motifs is 7. The molecule has 5 aromatic carbocycles. The molecular formula is C33H24N2. The average Bonchev–Trinajstić information content (AvgIpc) is 3.18. The van der Waals surface area contributed by atoms with E-state index in [1.54, 1.807) is 0 Å². The third-order valence-electron chi connectivity index (χ3n) is 6.97. The molecule has 7 rings (SSSR count). The summed E-state index contributed by atoms with van der Waals surface area (Å²) in [6.07, 6.45) is 0. The molecule has 0 bridgehead atoms. The van der Waals surface area contributed by atoms with E-state index in [4.69, 9.17) is 0 Å². The van der Waals surface area contributed by atoms with Gasteiger partial charge in [0.15, 0.2) is 0 Å². The largest absolute Gasteiger partial charge is 0.309 e. The molecule has 1 aromatic heterocycles. The number of rotatable bonds is 2.